The van der Waals surface area contributed by atoms with E-state index in [9.17, 15) is 14.9 Å². The van der Waals surface area contributed by atoms with Crippen LogP contribution >= 0.6 is 0 Å². The van der Waals surface area contributed by atoms with Crippen molar-refractivity contribution in [3.05, 3.63) is 33.5 Å². The van der Waals surface area contributed by atoms with Crippen LogP contribution < -0.4 is 0 Å². The minimum absolute atomic E-state index is 0.0249. The highest BCUT2D eigenvalue weighted by atomic mass is 16.6. The summed E-state index contributed by atoms with van der Waals surface area (Å²) in [4.78, 5) is 21.8. The number of hydrogen-bond donors (Lipinski definition) is 0. The van der Waals surface area contributed by atoms with E-state index >= 15 is 0 Å². The molecule has 0 aromatic heterocycles. The molecule has 0 heterocycles. The van der Waals surface area contributed by atoms with Crippen LogP contribution in [0.4, 0.5) is 0 Å². The van der Waals surface area contributed by atoms with E-state index in [4.69, 9.17) is 0 Å². The second-order valence-corrected chi connectivity index (χ2v) is 4.14. The lowest BCUT2D eigenvalue weighted by Gasteiger charge is -2.18. The average molecular weight is 195 g/mol. The molecule has 1 aliphatic carbocycles. The third-order valence-corrected chi connectivity index (χ3v) is 2.42. The Morgan fingerprint density at radius 3 is 2.50 bits per heavy atom. The van der Waals surface area contributed by atoms with Crippen molar-refractivity contribution in [2.75, 3.05) is 0 Å². The molecule has 0 fully saturated rings. The van der Waals surface area contributed by atoms with Crippen molar-refractivity contribution < 1.29 is 9.72 Å². The topological polar surface area (TPSA) is 60.2 Å². The number of Topliss-reactive ketones (excluding diaryl/α,β-unsaturated/α-hetero) is 1. The molecule has 0 aromatic rings. The molecule has 1 aliphatic rings. The van der Waals surface area contributed by atoms with E-state index < -0.39 is 10.3 Å². The molecule has 0 bridgehead atoms. The average Bonchev–Trinajstić information content (AvgIpc) is 2.09. The minimum Gasteiger partial charge on any atom is -0.295 e. The summed E-state index contributed by atoms with van der Waals surface area (Å²) in [7, 11) is 0. The summed E-state index contributed by atoms with van der Waals surface area (Å²) < 4.78 is 0. The maximum absolute atomic E-state index is 11.5. The first-order chi connectivity index (χ1) is 6.34. The first-order valence-electron chi connectivity index (χ1n) is 4.41. The first kappa shape index (κ1) is 10.6. The summed E-state index contributed by atoms with van der Waals surface area (Å²) in [6, 6.07) is 0. The predicted molar refractivity (Wildman–Crippen MR) is 52.2 cm³/mol. The summed E-state index contributed by atoms with van der Waals surface area (Å²) in [5.74, 6) is -0.0249. The van der Waals surface area contributed by atoms with Crippen LogP contribution in [0.1, 0.15) is 27.2 Å². The number of rotatable bonds is 1. The van der Waals surface area contributed by atoms with Gasteiger partial charge in [0.1, 0.15) is 0 Å². The Labute approximate surface area is 82.5 Å². The van der Waals surface area contributed by atoms with Crippen molar-refractivity contribution >= 4 is 5.78 Å². The van der Waals surface area contributed by atoms with Crippen molar-refractivity contribution in [3.8, 4) is 0 Å². The van der Waals surface area contributed by atoms with E-state index in [0.717, 1.165) is 0 Å². The van der Waals surface area contributed by atoms with Gasteiger partial charge in [-0.2, -0.15) is 0 Å². The van der Waals surface area contributed by atoms with E-state index in [1.807, 2.05) is 0 Å². The normalized spacial score (nSPS) is 20.9. The molecule has 0 N–H and O–H groups in total. The van der Waals surface area contributed by atoms with Gasteiger partial charge in [-0.3, -0.25) is 14.9 Å². The maximum Gasteiger partial charge on any atom is 0.252 e. The maximum atomic E-state index is 11.5. The van der Waals surface area contributed by atoms with Crippen molar-refractivity contribution in [3.63, 3.8) is 0 Å². The van der Waals surface area contributed by atoms with Crippen molar-refractivity contribution in [2.24, 2.45) is 5.41 Å². The van der Waals surface area contributed by atoms with Crippen LogP contribution in [0, 0.1) is 15.5 Å². The standard InChI is InChI=1S/C10H13NO3/c1-7-4-5-9(11(13)14)10(2,3)6-8(7)12/h4-5H,6H2,1-3H3. The van der Waals surface area contributed by atoms with E-state index in [-0.39, 0.29) is 17.9 Å². The van der Waals surface area contributed by atoms with E-state index in [2.05, 4.69) is 0 Å². The summed E-state index contributed by atoms with van der Waals surface area (Å²) in [6.45, 7) is 5.11. The molecule has 0 aliphatic heterocycles. The Kier molecular flexibility index (Phi) is 2.55. The Hall–Kier alpha value is -1.45. The van der Waals surface area contributed by atoms with Gasteiger partial charge in [0.05, 0.1) is 10.3 Å². The SMILES string of the molecule is CC1=CC=C([N+](=O)[O-])C(C)(C)CC1=O. The molecule has 0 saturated heterocycles. The summed E-state index contributed by atoms with van der Waals surface area (Å²) >= 11 is 0. The first-order valence-corrected chi connectivity index (χ1v) is 4.41. The smallest absolute Gasteiger partial charge is 0.252 e. The lowest BCUT2D eigenvalue weighted by molar-refractivity contribution is -0.439. The molecule has 0 unspecified atom stereocenters. The number of carbonyl (C=O) groups excluding carboxylic acids is 1. The molecule has 0 radical (unpaired) electrons. The third kappa shape index (κ3) is 1.89. The number of allylic oxidation sites excluding steroid dienone is 4. The highest BCUT2D eigenvalue weighted by molar-refractivity contribution is 5.96. The third-order valence-electron chi connectivity index (χ3n) is 2.42. The molecule has 4 nitrogen and oxygen atoms in total. The fraction of sp³-hybridized carbons (Fsp3) is 0.500. The molecule has 0 amide bonds. The van der Waals surface area contributed by atoms with Crippen LogP contribution in [0.2, 0.25) is 0 Å². The van der Waals surface area contributed by atoms with Crippen LogP contribution in [0.25, 0.3) is 0 Å². The van der Waals surface area contributed by atoms with Crippen molar-refractivity contribution in [1.29, 1.82) is 0 Å². The molecular weight excluding hydrogens is 182 g/mol. The monoisotopic (exact) mass is 195 g/mol. The van der Waals surface area contributed by atoms with Gasteiger partial charge in [0.2, 0.25) is 0 Å². The van der Waals surface area contributed by atoms with E-state index in [0.29, 0.717) is 5.57 Å². The summed E-state index contributed by atoms with van der Waals surface area (Å²) in [5, 5.41) is 10.7. The van der Waals surface area contributed by atoms with E-state index in [1.165, 1.54) is 12.2 Å². The predicted octanol–water partition coefficient (Wildman–Crippen LogP) is 2.09. The zero-order chi connectivity index (χ0) is 10.9. The Bertz CT molecular complexity index is 350. The summed E-state index contributed by atoms with van der Waals surface area (Å²) in [5.41, 5.74) is -0.00731. The second-order valence-electron chi connectivity index (χ2n) is 4.14. The number of carbonyl (C=O) groups is 1. The highest BCUT2D eigenvalue weighted by Crippen LogP contribution is 2.33. The second kappa shape index (κ2) is 3.36. The molecule has 4 heteroatoms. The van der Waals surface area contributed by atoms with Crippen molar-refractivity contribution in [2.45, 2.75) is 27.2 Å². The van der Waals surface area contributed by atoms with Crippen LogP contribution in [0.5, 0.6) is 0 Å². The van der Waals surface area contributed by atoms with Gasteiger partial charge in [-0.05, 0) is 32.4 Å². The van der Waals surface area contributed by atoms with Crippen LogP contribution in [0.3, 0.4) is 0 Å². The Balaban J connectivity index is 3.16. The number of nitrogens with zero attached hydrogens (tertiary/aromatic N) is 1. The van der Waals surface area contributed by atoms with Gasteiger partial charge in [-0.1, -0.05) is 0 Å². The highest BCUT2D eigenvalue weighted by Gasteiger charge is 2.36. The largest absolute Gasteiger partial charge is 0.295 e. The van der Waals surface area contributed by atoms with Crippen LogP contribution in [-0.2, 0) is 4.79 Å². The van der Waals surface area contributed by atoms with Gasteiger partial charge < -0.3 is 0 Å². The lowest BCUT2D eigenvalue weighted by atomic mass is 9.84. The fourth-order valence-corrected chi connectivity index (χ4v) is 1.46. The number of ketones is 1. The summed E-state index contributed by atoms with van der Waals surface area (Å²) in [6.07, 6.45) is 3.15. The molecular formula is C10H13NO3. The Morgan fingerprint density at radius 2 is 2.00 bits per heavy atom. The van der Waals surface area contributed by atoms with Gasteiger partial charge in [0.15, 0.2) is 5.78 Å². The van der Waals surface area contributed by atoms with Gasteiger partial charge in [0.25, 0.3) is 5.70 Å². The van der Waals surface area contributed by atoms with Crippen LogP contribution in [-0.4, -0.2) is 10.7 Å². The van der Waals surface area contributed by atoms with Gasteiger partial charge in [-0.25, -0.2) is 0 Å². The molecule has 0 saturated carbocycles. The zero-order valence-electron chi connectivity index (χ0n) is 8.53. The molecule has 76 valence electrons. The van der Waals surface area contributed by atoms with Gasteiger partial charge in [-0.15, -0.1) is 0 Å². The molecule has 14 heavy (non-hydrogen) atoms. The van der Waals surface area contributed by atoms with Crippen molar-refractivity contribution in [1.82, 2.24) is 0 Å². The molecule has 0 atom stereocenters. The Morgan fingerprint density at radius 1 is 1.43 bits per heavy atom. The quantitative estimate of drug-likeness (QED) is 0.475. The molecule has 0 spiro atoms. The minimum atomic E-state index is -0.686. The van der Waals surface area contributed by atoms with Crippen LogP contribution in [0.15, 0.2) is 23.4 Å². The zero-order valence-corrected chi connectivity index (χ0v) is 8.53. The lowest BCUT2D eigenvalue weighted by Crippen LogP contribution is -2.23. The molecule has 0 aromatic carbocycles. The number of nitro groups is 1. The van der Waals surface area contributed by atoms with Gasteiger partial charge >= 0.3 is 0 Å². The van der Waals surface area contributed by atoms with Gasteiger partial charge in [0, 0.05) is 12.5 Å². The number of hydrogen-bond acceptors (Lipinski definition) is 3. The van der Waals surface area contributed by atoms with E-state index in [1.54, 1.807) is 20.8 Å². The fourth-order valence-electron chi connectivity index (χ4n) is 1.46. The molecule has 1 rings (SSSR count).